The third-order valence-corrected chi connectivity index (χ3v) is 2.69. The Bertz CT molecular complexity index is 544. The molecule has 2 rings (SSSR count). The molecule has 2 nitrogen and oxygen atoms in total. The average Bonchev–Trinajstić information content (AvgIpc) is 2.38. The largest absolute Gasteiger partial charge is 0.496 e. The molecule has 0 heterocycles. The van der Waals surface area contributed by atoms with Crippen LogP contribution in [0.1, 0.15) is 15.9 Å². The zero-order chi connectivity index (χ0) is 12.3. The van der Waals surface area contributed by atoms with Crippen molar-refractivity contribution in [1.82, 2.24) is 0 Å². The van der Waals surface area contributed by atoms with Gasteiger partial charge < -0.3 is 4.74 Å². The summed E-state index contributed by atoms with van der Waals surface area (Å²) in [4.78, 5) is 10.7. The molecular formula is C15H14O2. The number of carbonyl (C=O) groups excluding carboxylic acids is 1. The fraction of sp³-hybridized carbons (Fsp3) is 0.133. The van der Waals surface area contributed by atoms with Gasteiger partial charge in [-0.25, -0.2) is 0 Å². The van der Waals surface area contributed by atoms with Gasteiger partial charge in [-0.05, 0) is 24.6 Å². The topological polar surface area (TPSA) is 26.3 Å². The molecule has 86 valence electrons. The number of ether oxygens (including phenoxy) is 1. The highest BCUT2D eigenvalue weighted by Gasteiger charge is 2.06. The van der Waals surface area contributed by atoms with Crippen LogP contribution in [0.4, 0.5) is 0 Å². The van der Waals surface area contributed by atoms with Crippen LogP contribution >= 0.6 is 0 Å². The van der Waals surface area contributed by atoms with E-state index in [1.165, 1.54) is 5.56 Å². The van der Waals surface area contributed by atoms with Gasteiger partial charge in [0.1, 0.15) is 12.0 Å². The second-order valence-electron chi connectivity index (χ2n) is 3.95. The third kappa shape index (κ3) is 2.36. The van der Waals surface area contributed by atoms with Gasteiger partial charge in [0.2, 0.25) is 0 Å². The van der Waals surface area contributed by atoms with E-state index < -0.39 is 0 Å². The van der Waals surface area contributed by atoms with E-state index in [0.717, 1.165) is 23.2 Å². The molecule has 0 bridgehead atoms. The molecule has 0 aliphatic heterocycles. The van der Waals surface area contributed by atoms with Crippen LogP contribution in [0.15, 0.2) is 42.5 Å². The van der Waals surface area contributed by atoms with Crippen molar-refractivity contribution in [2.45, 2.75) is 6.92 Å². The maximum Gasteiger partial charge on any atom is 0.150 e. The van der Waals surface area contributed by atoms with Crippen molar-refractivity contribution in [2.75, 3.05) is 7.11 Å². The Morgan fingerprint density at radius 2 is 1.94 bits per heavy atom. The lowest BCUT2D eigenvalue weighted by molar-refractivity contribution is 0.112. The quantitative estimate of drug-likeness (QED) is 0.749. The fourth-order valence-electron chi connectivity index (χ4n) is 1.83. The van der Waals surface area contributed by atoms with Crippen molar-refractivity contribution < 1.29 is 9.53 Å². The average molecular weight is 226 g/mol. The maximum absolute atomic E-state index is 10.7. The Morgan fingerprint density at radius 3 is 2.59 bits per heavy atom. The normalized spacial score (nSPS) is 10.0. The summed E-state index contributed by atoms with van der Waals surface area (Å²) >= 11 is 0. The van der Waals surface area contributed by atoms with Gasteiger partial charge in [0.05, 0.1) is 7.11 Å². The summed E-state index contributed by atoms with van der Waals surface area (Å²) in [6.07, 6.45) is 0.822. The van der Waals surface area contributed by atoms with Gasteiger partial charge in [0.15, 0.2) is 0 Å². The summed E-state index contributed by atoms with van der Waals surface area (Å²) < 4.78 is 5.32. The molecule has 0 atom stereocenters. The minimum absolute atomic E-state index is 0.623. The van der Waals surface area contributed by atoms with E-state index in [1.54, 1.807) is 19.2 Å². The molecule has 2 aromatic rings. The van der Waals surface area contributed by atoms with E-state index in [0.29, 0.717) is 5.56 Å². The van der Waals surface area contributed by atoms with Gasteiger partial charge in [0, 0.05) is 11.1 Å². The predicted octanol–water partition coefficient (Wildman–Crippen LogP) is 3.48. The molecule has 0 aromatic heterocycles. The van der Waals surface area contributed by atoms with E-state index in [2.05, 4.69) is 19.1 Å². The zero-order valence-corrected chi connectivity index (χ0v) is 9.94. The molecule has 0 radical (unpaired) electrons. The number of hydrogen-bond acceptors (Lipinski definition) is 2. The molecule has 0 aliphatic rings. The summed E-state index contributed by atoms with van der Waals surface area (Å²) in [5, 5.41) is 0. The van der Waals surface area contributed by atoms with Crippen molar-refractivity contribution in [1.29, 1.82) is 0 Å². The highest BCUT2D eigenvalue weighted by atomic mass is 16.5. The van der Waals surface area contributed by atoms with Crippen molar-refractivity contribution in [3.8, 4) is 16.9 Å². The Kier molecular flexibility index (Phi) is 3.24. The first kappa shape index (κ1) is 11.4. The van der Waals surface area contributed by atoms with E-state index in [1.807, 2.05) is 18.2 Å². The molecule has 0 saturated heterocycles. The lowest BCUT2D eigenvalue weighted by Gasteiger charge is -2.09. The molecule has 2 heteroatoms. The number of methoxy groups -OCH3 is 1. The highest BCUT2D eigenvalue weighted by molar-refractivity contribution is 5.80. The van der Waals surface area contributed by atoms with Gasteiger partial charge in [-0.3, -0.25) is 4.79 Å². The molecule has 0 amide bonds. The smallest absolute Gasteiger partial charge is 0.150 e. The Balaban J connectivity index is 2.55. The second kappa shape index (κ2) is 4.83. The minimum atomic E-state index is 0.623. The van der Waals surface area contributed by atoms with Crippen molar-refractivity contribution >= 4 is 6.29 Å². The summed E-state index contributed by atoms with van der Waals surface area (Å²) in [6, 6.07) is 13.7. The number of benzene rings is 2. The predicted molar refractivity (Wildman–Crippen MR) is 68.6 cm³/mol. The molecule has 0 spiro atoms. The molecule has 0 saturated carbocycles. The summed E-state index contributed by atoms with van der Waals surface area (Å²) in [6.45, 7) is 2.05. The second-order valence-corrected chi connectivity index (χ2v) is 3.95. The number of carbonyl (C=O) groups is 1. The Morgan fingerprint density at radius 1 is 1.12 bits per heavy atom. The van der Waals surface area contributed by atoms with E-state index >= 15 is 0 Å². The monoisotopic (exact) mass is 226 g/mol. The van der Waals surface area contributed by atoms with Crippen LogP contribution in [0.3, 0.4) is 0 Å². The molecule has 0 aliphatic carbocycles. The third-order valence-electron chi connectivity index (χ3n) is 2.69. The summed E-state index contributed by atoms with van der Waals surface area (Å²) in [5.41, 5.74) is 3.92. The maximum atomic E-state index is 10.7. The lowest BCUT2D eigenvalue weighted by Crippen LogP contribution is -1.90. The summed E-state index contributed by atoms with van der Waals surface area (Å²) in [5.74, 6) is 0.722. The minimum Gasteiger partial charge on any atom is -0.496 e. The van der Waals surface area contributed by atoms with Crippen LogP contribution in [0, 0.1) is 6.92 Å². The molecule has 0 fully saturated rings. The SMILES string of the molecule is COc1cc(C=O)ccc1-c1cccc(C)c1. The van der Waals surface area contributed by atoms with E-state index in [4.69, 9.17) is 4.74 Å². The van der Waals surface area contributed by atoms with Crippen molar-refractivity contribution in [2.24, 2.45) is 0 Å². The van der Waals surface area contributed by atoms with Crippen LogP contribution in [0.2, 0.25) is 0 Å². The van der Waals surface area contributed by atoms with Crippen LogP contribution in [0.5, 0.6) is 5.75 Å². The van der Waals surface area contributed by atoms with Gasteiger partial charge in [-0.1, -0.05) is 35.9 Å². The van der Waals surface area contributed by atoms with Crippen molar-refractivity contribution in [3.05, 3.63) is 53.6 Å². The molecule has 0 N–H and O–H groups in total. The lowest BCUT2D eigenvalue weighted by atomic mass is 10.0. The molecular weight excluding hydrogens is 212 g/mol. The fourth-order valence-corrected chi connectivity index (χ4v) is 1.83. The molecule has 17 heavy (non-hydrogen) atoms. The molecule has 0 unspecified atom stereocenters. The Hall–Kier alpha value is -2.09. The van der Waals surface area contributed by atoms with Crippen LogP contribution in [0.25, 0.3) is 11.1 Å². The van der Waals surface area contributed by atoms with E-state index in [9.17, 15) is 4.79 Å². The van der Waals surface area contributed by atoms with Gasteiger partial charge in [0.25, 0.3) is 0 Å². The molecule has 2 aromatic carbocycles. The van der Waals surface area contributed by atoms with E-state index in [-0.39, 0.29) is 0 Å². The van der Waals surface area contributed by atoms with Gasteiger partial charge >= 0.3 is 0 Å². The van der Waals surface area contributed by atoms with Crippen LogP contribution in [-0.4, -0.2) is 13.4 Å². The summed E-state index contributed by atoms with van der Waals surface area (Å²) in [7, 11) is 1.61. The number of aryl methyl sites for hydroxylation is 1. The van der Waals surface area contributed by atoms with Crippen molar-refractivity contribution in [3.63, 3.8) is 0 Å². The number of aldehydes is 1. The Labute approximate surface area is 101 Å². The number of rotatable bonds is 3. The standard InChI is InChI=1S/C15H14O2/c1-11-4-3-5-13(8-11)14-7-6-12(10-16)9-15(14)17-2/h3-10H,1-2H3. The highest BCUT2D eigenvalue weighted by Crippen LogP contribution is 2.30. The zero-order valence-electron chi connectivity index (χ0n) is 9.94. The first-order chi connectivity index (χ1) is 8.24. The number of hydrogen-bond donors (Lipinski definition) is 0. The van der Waals surface area contributed by atoms with Gasteiger partial charge in [-0.2, -0.15) is 0 Å². The first-order valence-corrected chi connectivity index (χ1v) is 5.45. The van der Waals surface area contributed by atoms with Crippen LogP contribution < -0.4 is 4.74 Å². The van der Waals surface area contributed by atoms with Crippen LogP contribution in [-0.2, 0) is 0 Å². The van der Waals surface area contributed by atoms with Gasteiger partial charge in [-0.15, -0.1) is 0 Å². The first-order valence-electron chi connectivity index (χ1n) is 5.45.